The Labute approximate surface area is 133 Å². The molecule has 0 aliphatic heterocycles. The van der Waals surface area contributed by atoms with E-state index in [1.807, 2.05) is 17.5 Å². The number of likely N-dealkylation sites (N-methyl/N-ethyl adjacent to an activating group) is 1. The van der Waals surface area contributed by atoms with Crippen molar-refractivity contribution >= 4 is 23.2 Å². The van der Waals surface area contributed by atoms with E-state index in [0.717, 1.165) is 4.88 Å². The first-order valence-corrected chi connectivity index (χ1v) is 7.55. The van der Waals surface area contributed by atoms with Crippen molar-refractivity contribution in [2.45, 2.75) is 6.54 Å². The maximum atomic E-state index is 12.0. The lowest BCUT2D eigenvalue weighted by Gasteiger charge is -2.16. The van der Waals surface area contributed by atoms with E-state index in [2.05, 4.69) is 4.74 Å². The van der Waals surface area contributed by atoms with Crippen LogP contribution >= 0.6 is 11.3 Å². The topological polar surface area (TPSA) is 55.8 Å². The molecule has 1 heterocycles. The van der Waals surface area contributed by atoms with Gasteiger partial charge in [0.2, 0.25) is 0 Å². The molecule has 0 aliphatic carbocycles. The Morgan fingerprint density at radius 1 is 1.18 bits per heavy atom. The molecule has 0 radical (unpaired) electrons. The Bertz CT molecular complexity index is 622. The predicted octanol–water partition coefficient (Wildman–Crippen LogP) is 2.57. The van der Waals surface area contributed by atoms with Crippen LogP contribution in [0.15, 0.2) is 41.8 Å². The highest BCUT2D eigenvalue weighted by molar-refractivity contribution is 7.09. The van der Waals surface area contributed by atoms with Gasteiger partial charge in [-0.15, -0.1) is 11.3 Å². The number of esters is 1. The van der Waals surface area contributed by atoms with Gasteiger partial charge in [-0.25, -0.2) is 4.79 Å². The first-order chi connectivity index (χ1) is 10.6. The fourth-order valence-corrected chi connectivity index (χ4v) is 2.54. The molecular formula is C16H17NO4S. The van der Waals surface area contributed by atoms with Gasteiger partial charge >= 0.3 is 5.97 Å². The van der Waals surface area contributed by atoms with Gasteiger partial charge in [-0.1, -0.05) is 6.07 Å². The molecule has 0 unspecified atom stereocenters. The van der Waals surface area contributed by atoms with Gasteiger partial charge < -0.3 is 14.4 Å². The molecule has 2 aromatic rings. The van der Waals surface area contributed by atoms with E-state index in [4.69, 9.17) is 4.74 Å². The molecule has 0 aliphatic rings. The number of nitrogens with zero attached hydrogens (tertiary/aromatic N) is 1. The molecule has 6 heteroatoms. The van der Waals surface area contributed by atoms with Gasteiger partial charge in [0.15, 0.2) is 6.61 Å². The summed E-state index contributed by atoms with van der Waals surface area (Å²) in [5, 5.41) is 1.98. The molecule has 1 amide bonds. The van der Waals surface area contributed by atoms with Gasteiger partial charge in [0.05, 0.1) is 19.2 Å². The average molecular weight is 319 g/mol. The lowest BCUT2D eigenvalue weighted by Crippen LogP contribution is -2.30. The summed E-state index contributed by atoms with van der Waals surface area (Å²) in [5.41, 5.74) is 0.441. The second kappa shape index (κ2) is 7.61. The molecule has 5 nitrogen and oxygen atoms in total. The Morgan fingerprint density at radius 3 is 2.50 bits per heavy atom. The minimum absolute atomic E-state index is 0.0422. The van der Waals surface area contributed by atoms with E-state index in [0.29, 0.717) is 17.9 Å². The van der Waals surface area contributed by atoms with Crippen molar-refractivity contribution in [1.29, 1.82) is 0 Å². The number of rotatable bonds is 6. The number of carbonyl (C=O) groups is 2. The van der Waals surface area contributed by atoms with Crippen molar-refractivity contribution < 1.29 is 19.1 Å². The van der Waals surface area contributed by atoms with Crippen LogP contribution in [0.2, 0.25) is 0 Å². The zero-order chi connectivity index (χ0) is 15.9. The lowest BCUT2D eigenvalue weighted by molar-refractivity contribution is -0.132. The van der Waals surface area contributed by atoms with Gasteiger partial charge in [-0.05, 0) is 35.7 Å². The fraction of sp³-hybridized carbons (Fsp3) is 0.250. The number of amides is 1. The van der Waals surface area contributed by atoms with Crippen LogP contribution in [0.1, 0.15) is 15.2 Å². The molecule has 1 aromatic carbocycles. The van der Waals surface area contributed by atoms with E-state index >= 15 is 0 Å². The van der Waals surface area contributed by atoms with Crippen molar-refractivity contribution in [3.05, 3.63) is 52.2 Å². The summed E-state index contributed by atoms with van der Waals surface area (Å²) in [5.74, 6) is 0.0225. The standard InChI is InChI=1S/C16H17NO4S/c1-17(10-14-4-3-9-22-14)15(18)11-21-13-7-5-12(6-8-13)16(19)20-2/h3-9H,10-11H2,1-2H3. The van der Waals surface area contributed by atoms with E-state index in [1.54, 1.807) is 47.5 Å². The summed E-state index contributed by atoms with van der Waals surface area (Å²) in [7, 11) is 3.07. The Hall–Kier alpha value is -2.34. The third kappa shape index (κ3) is 4.33. The van der Waals surface area contributed by atoms with Crippen LogP contribution in [0.25, 0.3) is 0 Å². The Kier molecular flexibility index (Phi) is 5.55. The quantitative estimate of drug-likeness (QED) is 0.768. The normalized spacial score (nSPS) is 10.1. The summed E-state index contributed by atoms with van der Waals surface area (Å²) in [6, 6.07) is 10.4. The lowest BCUT2D eigenvalue weighted by atomic mass is 10.2. The van der Waals surface area contributed by atoms with Crippen LogP contribution in [0, 0.1) is 0 Å². The minimum atomic E-state index is -0.404. The number of carbonyl (C=O) groups excluding carboxylic acids is 2. The summed E-state index contributed by atoms with van der Waals surface area (Å²) >= 11 is 1.61. The maximum Gasteiger partial charge on any atom is 0.337 e. The van der Waals surface area contributed by atoms with E-state index < -0.39 is 5.97 Å². The summed E-state index contributed by atoms with van der Waals surface area (Å²) < 4.78 is 10.1. The van der Waals surface area contributed by atoms with E-state index in [-0.39, 0.29) is 12.5 Å². The molecule has 22 heavy (non-hydrogen) atoms. The fourth-order valence-electron chi connectivity index (χ4n) is 1.78. The van der Waals surface area contributed by atoms with Gasteiger partial charge in [0.25, 0.3) is 5.91 Å². The number of benzene rings is 1. The molecule has 1 aromatic heterocycles. The summed E-state index contributed by atoms with van der Waals surface area (Å²) in [4.78, 5) is 26.0. The second-order valence-electron chi connectivity index (χ2n) is 4.63. The van der Waals surface area contributed by atoms with Crippen molar-refractivity contribution in [2.24, 2.45) is 0 Å². The maximum absolute atomic E-state index is 12.0. The molecule has 0 atom stereocenters. The highest BCUT2D eigenvalue weighted by Crippen LogP contribution is 2.14. The van der Waals surface area contributed by atoms with Crippen LogP contribution in [-0.4, -0.2) is 37.5 Å². The number of hydrogen-bond acceptors (Lipinski definition) is 5. The van der Waals surface area contributed by atoms with Crippen LogP contribution < -0.4 is 4.74 Å². The molecular weight excluding hydrogens is 302 g/mol. The van der Waals surface area contributed by atoms with Gasteiger partial charge in [-0.2, -0.15) is 0 Å². The van der Waals surface area contributed by atoms with Crippen molar-refractivity contribution in [2.75, 3.05) is 20.8 Å². The minimum Gasteiger partial charge on any atom is -0.484 e. The molecule has 0 saturated heterocycles. The van der Waals surface area contributed by atoms with Crippen LogP contribution in [0.3, 0.4) is 0 Å². The highest BCUT2D eigenvalue weighted by atomic mass is 32.1. The zero-order valence-corrected chi connectivity index (χ0v) is 13.3. The first kappa shape index (κ1) is 16.0. The van der Waals surface area contributed by atoms with Gasteiger partial charge in [0.1, 0.15) is 5.75 Å². The summed E-state index contributed by atoms with van der Waals surface area (Å²) in [6.07, 6.45) is 0. The molecule has 0 fully saturated rings. The third-order valence-electron chi connectivity index (χ3n) is 3.04. The molecule has 0 spiro atoms. The zero-order valence-electron chi connectivity index (χ0n) is 12.4. The monoisotopic (exact) mass is 319 g/mol. The first-order valence-electron chi connectivity index (χ1n) is 6.67. The molecule has 116 valence electrons. The Balaban J connectivity index is 1.84. The molecule has 0 bridgehead atoms. The van der Waals surface area contributed by atoms with E-state index in [1.165, 1.54) is 7.11 Å². The summed E-state index contributed by atoms with van der Waals surface area (Å²) in [6.45, 7) is 0.528. The second-order valence-corrected chi connectivity index (χ2v) is 5.67. The molecule has 0 saturated carbocycles. The highest BCUT2D eigenvalue weighted by Gasteiger charge is 2.11. The van der Waals surface area contributed by atoms with Crippen LogP contribution in [0.5, 0.6) is 5.75 Å². The SMILES string of the molecule is COC(=O)c1ccc(OCC(=O)N(C)Cc2cccs2)cc1. The number of ether oxygens (including phenoxy) is 2. The number of methoxy groups -OCH3 is 1. The average Bonchev–Trinajstić information content (AvgIpc) is 3.05. The van der Waals surface area contributed by atoms with Crippen molar-refractivity contribution in [1.82, 2.24) is 4.90 Å². The van der Waals surface area contributed by atoms with Crippen molar-refractivity contribution in [3.8, 4) is 5.75 Å². The number of hydrogen-bond donors (Lipinski definition) is 0. The third-order valence-corrected chi connectivity index (χ3v) is 3.90. The smallest absolute Gasteiger partial charge is 0.337 e. The van der Waals surface area contributed by atoms with Crippen molar-refractivity contribution in [3.63, 3.8) is 0 Å². The van der Waals surface area contributed by atoms with E-state index in [9.17, 15) is 9.59 Å². The van der Waals surface area contributed by atoms with Gasteiger partial charge in [-0.3, -0.25) is 4.79 Å². The molecule has 2 rings (SSSR count). The van der Waals surface area contributed by atoms with Crippen LogP contribution in [0.4, 0.5) is 0 Å². The number of thiophene rings is 1. The predicted molar refractivity (Wildman–Crippen MR) is 84.1 cm³/mol. The van der Waals surface area contributed by atoms with Crippen LogP contribution in [-0.2, 0) is 16.1 Å². The largest absolute Gasteiger partial charge is 0.484 e. The van der Waals surface area contributed by atoms with Gasteiger partial charge in [0, 0.05) is 11.9 Å². The molecule has 0 N–H and O–H groups in total. The Morgan fingerprint density at radius 2 is 1.91 bits per heavy atom.